The first kappa shape index (κ1) is 16.8. The lowest BCUT2D eigenvalue weighted by Gasteiger charge is -2.27. The van der Waals surface area contributed by atoms with Gasteiger partial charge < -0.3 is 5.32 Å². The van der Waals surface area contributed by atoms with Crippen LogP contribution in [0.3, 0.4) is 0 Å². The lowest BCUT2D eigenvalue weighted by molar-refractivity contribution is 0.255. The molecule has 1 aliphatic carbocycles. The molecule has 1 N–H and O–H groups in total. The molecule has 1 aromatic carbocycles. The highest BCUT2D eigenvalue weighted by Gasteiger charge is 2.15. The first-order valence-corrected chi connectivity index (χ1v) is 8.71. The van der Waals surface area contributed by atoms with E-state index < -0.39 is 0 Å². The number of nitrogens with zero attached hydrogens (tertiary/aromatic N) is 1. The number of halogens is 1. The number of likely N-dealkylation sites (N-methyl/N-ethyl adjacent to an activating group) is 1. The number of hydrogen-bond acceptors (Lipinski definition) is 2. The van der Waals surface area contributed by atoms with Crippen molar-refractivity contribution in [3.63, 3.8) is 0 Å². The number of nitrogens with one attached hydrogen (secondary N) is 1. The minimum absolute atomic E-state index is 0.357. The van der Waals surface area contributed by atoms with Gasteiger partial charge in [-0.1, -0.05) is 49.1 Å². The molecule has 0 spiro atoms. The predicted molar refractivity (Wildman–Crippen MR) is 91.9 cm³/mol. The van der Waals surface area contributed by atoms with Gasteiger partial charge in [0.25, 0.3) is 0 Å². The molecule has 1 aliphatic rings. The van der Waals surface area contributed by atoms with Crippen LogP contribution in [-0.2, 0) is 0 Å². The second-order valence-corrected chi connectivity index (χ2v) is 6.79. The van der Waals surface area contributed by atoms with E-state index in [-0.39, 0.29) is 0 Å². The van der Waals surface area contributed by atoms with Gasteiger partial charge in [0.2, 0.25) is 0 Å². The van der Waals surface area contributed by atoms with Crippen molar-refractivity contribution in [2.75, 3.05) is 26.7 Å². The van der Waals surface area contributed by atoms with Gasteiger partial charge in [-0.2, -0.15) is 0 Å². The van der Waals surface area contributed by atoms with E-state index in [9.17, 15) is 0 Å². The molecular formula is C18H29ClN2. The minimum atomic E-state index is 0.357. The van der Waals surface area contributed by atoms with Gasteiger partial charge in [0.05, 0.1) is 0 Å². The summed E-state index contributed by atoms with van der Waals surface area (Å²) in [6.45, 7) is 5.53. The maximum atomic E-state index is 6.28. The summed E-state index contributed by atoms with van der Waals surface area (Å²) in [5.41, 5.74) is 1.22. The van der Waals surface area contributed by atoms with Crippen LogP contribution in [0.4, 0.5) is 0 Å². The fourth-order valence-electron chi connectivity index (χ4n) is 3.20. The first-order valence-electron chi connectivity index (χ1n) is 8.34. The van der Waals surface area contributed by atoms with Crippen LogP contribution in [-0.4, -0.2) is 31.6 Å². The van der Waals surface area contributed by atoms with Gasteiger partial charge in [-0.25, -0.2) is 0 Å². The molecule has 118 valence electrons. The number of hydrogen-bond donors (Lipinski definition) is 1. The largest absolute Gasteiger partial charge is 0.315 e. The van der Waals surface area contributed by atoms with E-state index in [0.29, 0.717) is 6.04 Å². The third-order valence-corrected chi connectivity index (χ3v) is 5.16. The molecule has 1 aromatic rings. The predicted octanol–water partition coefficient (Wildman–Crippen LogP) is 4.50. The van der Waals surface area contributed by atoms with Gasteiger partial charge in [0.15, 0.2) is 0 Å². The molecule has 1 atom stereocenters. The molecule has 1 saturated carbocycles. The molecule has 2 nitrogen and oxygen atoms in total. The van der Waals surface area contributed by atoms with Crippen LogP contribution in [0.1, 0.15) is 50.6 Å². The molecule has 1 unspecified atom stereocenters. The summed E-state index contributed by atoms with van der Waals surface area (Å²) in [6, 6.07) is 8.51. The number of rotatable bonds is 7. The average Bonchev–Trinajstić information content (AvgIpc) is 2.52. The van der Waals surface area contributed by atoms with E-state index in [2.05, 4.69) is 36.3 Å². The fourth-order valence-corrected chi connectivity index (χ4v) is 3.49. The van der Waals surface area contributed by atoms with Gasteiger partial charge in [-0.15, -0.1) is 0 Å². The Morgan fingerprint density at radius 1 is 1.24 bits per heavy atom. The van der Waals surface area contributed by atoms with Gasteiger partial charge in [0, 0.05) is 24.2 Å². The monoisotopic (exact) mass is 308 g/mol. The van der Waals surface area contributed by atoms with Crippen molar-refractivity contribution in [1.29, 1.82) is 0 Å². The maximum absolute atomic E-state index is 6.28. The normalized spacial score (nSPS) is 18.1. The lowest BCUT2D eigenvalue weighted by atomic mass is 9.89. The summed E-state index contributed by atoms with van der Waals surface area (Å²) in [5, 5.41) is 4.50. The molecule has 0 aromatic heterocycles. The smallest absolute Gasteiger partial charge is 0.0453 e. The second-order valence-electron chi connectivity index (χ2n) is 6.39. The summed E-state index contributed by atoms with van der Waals surface area (Å²) in [4.78, 5) is 2.37. The highest BCUT2D eigenvalue weighted by molar-refractivity contribution is 6.31. The third-order valence-electron chi connectivity index (χ3n) is 4.82. The van der Waals surface area contributed by atoms with Crippen molar-refractivity contribution < 1.29 is 0 Å². The van der Waals surface area contributed by atoms with Gasteiger partial charge in [-0.05, 0) is 50.9 Å². The summed E-state index contributed by atoms with van der Waals surface area (Å²) < 4.78 is 0. The zero-order valence-electron chi connectivity index (χ0n) is 13.4. The van der Waals surface area contributed by atoms with Crippen LogP contribution >= 0.6 is 11.6 Å². The Morgan fingerprint density at radius 3 is 2.67 bits per heavy atom. The highest BCUT2D eigenvalue weighted by atomic mass is 35.5. The minimum Gasteiger partial charge on any atom is -0.315 e. The molecule has 0 heterocycles. The van der Waals surface area contributed by atoms with Crippen molar-refractivity contribution in [3.05, 3.63) is 34.9 Å². The van der Waals surface area contributed by atoms with Crippen LogP contribution in [0.15, 0.2) is 24.3 Å². The van der Waals surface area contributed by atoms with E-state index in [1.807, 2.05) is 12.1 Å². The standard InChI is InChI=1S/C18H29ClN2/c1-15(17-10-6-7-11-18(17)19)21(2)13-12-20-14-16-8-4-3-5-9-16/h6-7,10-11,15-16,20H,3-5,8-9,12-14H2,1-2H3. The van der Waals surface area contributed by atoms with E-state index in [1.54, 1.807) is 0 Å². The Morgan fingerprint density at radius 2 is 1.95 bits per heavy atom. The molecule has 0 saturated heterocycles. The van der Waals surface area contributed by atoms with E-state index in [0.717, 1.165) is 24.0 Å². The van der Waals surface area contributed by atoms with Crippen molar-refractivity contribution in [2.24, 2.45) is 5.92 Å². The van der Waals surface area contributed by atoms with Crippen molar-refractivity contribution in [3.8, 4) is 0 Å². The van der Waals surface area contributed by atoms with E-state index in [4.69, 9.17) is 11.6 Å². The number of benzene rings is 1. The van der Waals surface area contributed by atoms with Crippen LogP contribution in [0.25, 0.3) is 0 Å². The van der Waals surface area contributed by atoms with Crippen LogP contribution in [0.5, 0.6) is 0 Å². The summed E-state index contributed by atoms with van der Waals surface area (Å²) in [5.74, 6) is 0.907. The molecule has 0 amide bonds. The Bertz CT molecular complexity index is 415. The molecule has 3 heteroatoms. The Kier molecular flexibility index (Phi) is 7.01. The van der Waals surface area contributed by atoms with Gasteiger partial charge >= 0.3 is 0 Å². The Hall–Kier alpha value is -0.570. The fraction of sp³-hybridized carbons (Fsp3) is 0.667. The Labute approximate surface area is 134 Å². The molecule has 1 fully saturated rings. The zero-order chi connectivity index (χ0) is 15.1. The van der Waals surface area contributed by atoms with Crippen LogP contribution in [0.2, 0.25) is 5.02 Å². The van der Waals surface area contributed by atoms with Crippen molar-refractivity contribution >= 4 is 11.6 Å². The first-order chi connectivity index (χ1) is 10.2. The van der Waals surface area contributed by atoms with Crippen molar-refractivity contribution in [1.82, 2.24) is 10.2 Å². The van der Waals surface area contributed by atoms with E-state index in [1.165, 1.54) is 44.2 Å². The van der Waals surface area contributed by atoms with Crippen LogP contribution < -0.4 is 5.32 Å². The topological polar surface area (TPSA) is 15.3 Å². The molecule has 0 bridgehead atoms. The van der Waals surface area contributed by atoms with Gasteiger partial charge in [0.1, 0.15) is 0 Å². The molecular weight excluding hydrogens is 280 g/mol. The van der Waals surface area contributed by atoms with Crippen molar-refractivity contribution in [2.45, 2.75) is 45.1 Å². The molecule has 0 radical (unpaired) electrons. The summed E-state index contributed by atoms with van der Waals surface area (Å²) in [6.07, 6.45) is 7.12. The Balaban J connectivity index is 1.69. The molecule has 2 rings (SSSR count). The zero-order valence-corrected chi connectivity index (χ0v) is 14.2. The quantitative estimate of drug-likeness (QED) is 0.746. The average molecular weight is 309 g/mol. The van der Waals surface area contributed by atoms with Gasteiger partial charge in [-0.3, -0.25) is 4.90 Å². The molecule has 21 heavy (non-hydrogen) atoms. The summed E-state index contributed by atoms with van der Waals surface area (Å²) >= 11 is 6.28. The second kappa shape index (κ2) is 8.77. The van der Waals surface area contributed by atoms with E-state index >= 15 is 0 Å². The summed E-state index contributed by atoms with van der Waals surface area (Å²) in [7, 11) is 2.18. The van der Waals surface area contributed by atoms with Crippen LogP contribution in [0, 0.1) is 5.92 Å². The maximum Gasteiger partial charge on any atom is 0.0453 e. The lowest BCUT2D eigenvalue weighted by Crippen LogP contribution is -2.33. The third kappa shape index (κ3) is 5.28. The SMILES string of the molecule is CC(c1ccccc1Cl)N(C)CCNCC1CCCCC1. The highest BCUT2D eigenvalue weighted by Crippen LogP contribution is 2.26. The molecule has 0 aliphatic heterocycles.